The molecular formula is C15H16ClNO. The first-order valence-corrected chi connectivity index (χ1v) is 6.26. The van der Waals surface area contributed by atoms with E-state index in [4.69, 9.17) is 22.1 Å². The molecule has 3 heteroatoms. The zero-order chi connectivity index (χ0) is 13.0. The van der Waals surface area contributed by atoms with Gasteiger partial charge in [-0.15, -0.1) is 0 Å². The Bertz CT molecular complexity index is 513. The SMILES string of the molecule is Cc1cc(OC(CN)c2ccccc2)ccc1Cl. The molecule has 2 aromatic carbocycles. The lowest BCUT2D eigenvalue weighted by Crippen LogP contribution is -2.18. The van der Waals surface area contributed by atoms with E-state index < -0.39 is 0 Å². The highest BCUT2D eigenvalue weighted by Gasteiger charge is 2.11. The van der Waals surface area contributed by atoms with Crippen molar-refractivity contribution in [1.29, 1.82) is 0 Å². The lowest BCUT2D eigenvalue weighted by molar-refractivity contribution is 0.214. The van der Waals surface area contributed by atoms with Crippen molar-refractivity contribution in [3.05, 3.63) is 64.7 Å². The molecule has 0 aliphatic rings. The quantitative estimate of drug-likeness (QED) is 0.910. The Balaban J connectivity index is 2.18. The van der Waals surface area contributed by atoms with Gasteiger partial charge in [-0.2, -0.15) is 0 Å². The Morgan fingerprint density at radius 3 is 2.50 bits per heavy atom. The zero-order valence-corrected chi connectivity index (χ0v) is 11.0. The van der Waals surface area contributed by atoms with Crippen molar-refractivity contribution in [2.75, 3.05) is 6.54 Å². The van der Waals surface area contributed by atoms with Gasteiger partial charge in [0.15, 0.2) is 0 Å². The van der Waals surface area contributed by atoms with Gasteiger partial charge in [0.05, 0.1) is 0 Å². The van der Waals surface area contributed by atoms with Crippen LogP contribution in [0.3, 0.4) is 0 Å². The second-order valence-electron chi connectivity index (χ2n) is 4.16. The highest BCUT2D eigenvalue weighted by atomic mass is 35.5. The summed E-state index contributed by atoms with van der Waals surface area (Å²) in [7, 11) is 0. The van der Waals surface area contributed by atoms with Crippen LogP contribution in [0.25, 0.3) is 0 Å². The zero-order valence-electron chi connectivity index (χ0n) is 10.3. The molecule has 18 heavy (non-hydrogen) atoms. The number of hydrogen-bond donors (Lipinski definition) is 1. The second kappa shape index (κ2) is 5.89. The number of nitrogens with two attached hydrogens (primary N) is 1. The molecule has 94 valence electrons. The average Bonchev–Trinajstić information content (AvgIpc) is 2.41. The van der Waals surface area contributed by atoms with Gasteiger partial charge in [0.2, 0.25) is 0 Å². The van der Waals surface area contributed by atoms with E-state index in [0.717, 1.165) is 21.9 Å². The molecule has 0 saturated heterocycles. The molecule has 0 bridgehead atoms. The van der Waals surface area contributed by atoms with Gasteiger partial charge in [-0.1, -0.05) is 41.9 Å². The monoisotopic (exact) mass is 261 g/mol. The summed E-state index contributed by atoms with van der Waals surface area (Å²) in [5.74, 6) is 0.788. The highest BCUT2D eigenvalue weighted by Crippen LogP contribution is 2.25. The van der Waals surface area contributed by atoms with Crippen LogP contribution in [0.15, 0.2) is 48.5 Å². The maximum Gasteiger partial charge on any atom is 0.136 e. The van der Waals surface area contributed by atoms with Crippen LogP contribution >= 0.6 is 11.6 Å². The molecule has 0 radical (unpaired) electrons. The summed E-state index contributed by atoms with van der Waals surface area (Å²) < 4.78 is 5.90. The third kappa shape index (κ3) is 3.03. The van der Waals surface area contributed by atoms with E-state index >= 15 is 0 Å². The van der Waals surface area contributed by atoms with E-state index in [1.807, 2.05) is 55.5 Å². The Hall–Kier alpha value is -1.51. The van der Waals surface area contributed by atoms with Crippen molar-refractivity contribution in [2.24, 2.45) is 5.73 Å². The molecule has 0 saturated carbocycles. The lowest BCUT2D eigenvalue weighted by Gasteiger charge is -2.18. The van der Waals surface area contributed by atoms with E-state index in [2.05, 4.69) is 0 Å². The molecule has 1 unspecified atom stereocenters. The van der Waals surface area contributed by atoms with Gasteiger partial charge in [0.25, 0.3) is 0 Å². The van der Waals surface area contributed by atoms with Crippen LogP contribution in [0.5, 0.6) is 5.75 Å². The minimum Gasteiger partial charge on any atom is -0.484 e. The molecule has 0 heterocycles. The predicted octanol–water partition coefficient (Wildman–Crippen LogP) is 3.73. The minimum atomic E-state index is -0.133. The third-order valence-electron chi connectivity index (χ3n) is 2.79. The van der Waals surface area contributed by atoms with E-state index in [0.29, 0.717) is 6.54 Å². The Labute approximate surface area is 112 Å². The number of ether oxygens (including phenoxy) is 1. The molecule has 0 fully saturated rings. The topological polar surface area (TPSA) is 35.2 Å². The fourth-order valence-corrected chi connectivity index (χ4v) is 1.89. The number of hydrogen-bond acceptors (Lipinski definition) is 2. The smallest absolute Gasteiger partial charge is 0.136 e. The van der Waals surface area contributed by atoms with E-state index in [-0.39, 0.29) is 6.10 Å². The molecule has 2 nitrogen and oxygen atoms in total. The molecule has 0 spiro atoms. The summed E-state index contributed by atoms with van der Waals surface area (Å²) in [6.07, 6.45) is -0.133. The van der Waals surface area contributed by atoms with Crippen molar-refractivity contribution in [3.63, 3.8) is 0 Å². The largest absolute Gasteiger partial charge is 0.484 e. The predicted molar refractivity (Wildman–Crippen MR) is 75.1 cm³/mol. The molecule has 0 aliphatic heterocycles. The molecule has 0 aliphatic carbocycles. The highest BCUT2D eigenvalue weighted by molar-refractivity contribution is 6.31. The first kappa shape index (κ1) is 12.9. The standard InChI is InChI=1S/C15H16ClNO/c1-11-9-13(7-8-14(11)16)18-15(10-17)12-5-3-2-4-6-12/h2-9,15H,10,17H2,1H3. The van der Waals surface area contributed by atoms with Crippen molar-refractivity contribution >= 4 is 11.6 Å². The van der Waals surface area contributed by atoms with Gasteiger partial charge in [0, 0.05) is 11.6 Å². The summed E-state index contributed by atoms with van der Waals surface area (Å²) >= 11 is 5.99. The first-order valence-electron chi connectivity index (χ1n) is 5.88. The molecule has 1 atom stereocenters. The molecule has 0 amide bonds. The Kier molecular flexibility index (Phi) is 4.24. The van der Waals surface area contributed by atoms with Crippen LogP contribution < -0.4 is 10.5 Å². The van der Waals surface area contributed by atoms with Crippen molar-refractivity contribution in [1.82, 2.24) is 0 Å². The van der Waals surface area contributed by atoms with E-state index in [1.165, 1.54) is 0 Å². The summed E-state index contributed by atoms with van der Waals surface area (Å²) in [4.78, 5) is 0. The van der Waals surface area contributed by atoms with Crippen molar-refractivity contribution in [2.45, 2.75) is 13.0 Å². The number of halogens is 1. The maximum atomic E-state index is 5.99. The second-order valence-corrected chi connectivity index (χ2v) is 4.57. The number of rotatable bonds is 4. The molecule has 2 N–H and O–H groups in total. The van der Waals surface area contributed by atoms with Gasteiger partial charge in [0.1, 0.15) is 11.9 Å². The average molecular weight is 262 g/mol. The van der Waals surface area contributed by atoms with Gasteiger partial charge in [-0.3, -0.25) is 0 Å². The van der Waals surface area contributed by atoms with Crippen molar-refractivity contribution in [3.8, 4) is 5.75 Å². The minimum absolute atomic E-state index is 0.133. The lowest BCUT2D eigenvalue weighted by atomic mass is 10.1. The number of aryl methyl sites for hydroxylation is 1. The van der Waals surface area contributed by atoms with Gasteiger partial charge >= 0.3 is 0 Å². The maximum absolute atomic E-state index is 5.99. The molecular weight excluding hydrogens is 246 g/mol. The van der Waals surface area contributed by atoms with Gasteiger partial charge in [-0.25, -0.2) is 0 Å². The summed E-state index contributed by atoms with van der Waals surface area (Å²) in [5.41, 5.74) is 7.84. The van der Waals surface area contributed by atoms with Crippen LogP contribution in [-0.2, 0) is 0 Å². The normalized spacial score (nSPS) is 12.2. The van der Waals surface area contributed by atoms with Gasteiger partial charge < -0.3 is 10.5 Å². The summed E-state index contributed by atoms with van der Waals surface area (Å²) in [5, 5.41) is 0.742. The van der Waals surface area contributed by atoms with Crippen LogP contribution in [-0.4, -0.2) is 6.54 Å². The van der Waals surface area contributed by atoms with Crippen LogP contribution in [0.4, 0.5) is 0 Å². The van der Waals surface area contributed by atoms with Crippen LogP contribution in [0.2, 0.25) is 5.02 Å². The van der Waals surface area contributed by atoms with Crippen molar-refractivity contribution < 1.29 is 4.74 Å². The molecule has 2 aromatic rings. The molecule has 2 rings (SSSR count). The summed E-state index contributed by atoms with van der Waals surface area (Å²) in [6, 6.07) is 15.6. The van der Waals surface area contributed by atoms with Gasteiger partial charge in [-0.05, 0) is 36.2 Å². The van der Waals surface area contributed by atoms with Crippen LogP contribution in [0, 0.1) is 6.92 Å². The third-order valence-corrected chi connectivity index (χ3v) is 3.22. The van der Waals surface area contributed by atoms with E-state index in [1.54, 1.807) is 0 Å². The Morgan fingerprint density at radius 2 is 1.89 bits per heavy atom. The Morgan fingerprint density at radius 1 is 1.17 bits per heavy atom. The fraction of sp³-hybridized carbons (Fsp3) is 0.200. The van der Waals surface area contributed by atoms with Crippen LogP contribution in [0.1, 0.15) is 17.2 Å². The fourth-order valence-electron chi connectivity index (χ4n) is 1.77. The summed E-state index contributed by atoms with van der Waals surface area (Å²) in [6.45, 7) is 2.39. The molecule has 0 aromatic heterocycles. The van der Waals surface area contributed by atoms with E-state index in [9.17, 15) is 0 Å². The number of benzene rings is 2. The first-order chi connectivity index (χ1) is 8.70.